The highest BCUT2D eigenvalue weighted by Crippen LogP contribution is 2.22. The summed E-state index contributed by atoms with van der Waals surface area (Å²) in [4.78, 5) is 0. The Morgan fingerprint density at radius 1 is 1.22 bits per heavy atom. The maximum Gasteiger partial charge on any atom is 0.0649 e. The van der Waals surface area contributed by atoms with Crippen LogP contribution in [0.1, 0.15) is 37.9 Å². The van der Waals surface area contributed by atoms with Gasteiger partial charge in [0.1, 0.15) is 0 Å². The first-order chi connectivity index (χ1) is 8.74. The van der Waals surface area contributed by atoms with Gasteiger partial charge >= 0.3 is 0 Å². The van der Waals surface area contributed by atoms with Crippen LogP contribution in [0.25, 0.3) is 5.69 Å². The Balaban J connectivity index is 2.39. The minimum atomic E-state index is 0.460. The van der Waals surface area contributed by atoms with E-state index in [0.29, 0.717) is 5.92 Å². The van der Waals surface area contributed by atoms with Gasteiger partial charge in [0.15, 0.2) is 0 Å². The number of aromatic nitrogens is 2. The molecule has 0 radical (unpaired) electrons. The molecule has 0 spiro atoms. The highest BCUT2D eigenvalue weighted by Gasteiger charge is 2.14. The molecule has 1 heterocycles. The lowest BCUT2D eigenvalue weighted by Gasteiger charge is -2.13. The highest BCUT2D eigenvalue weighted by atomic mass is 15.3. The van der Waals surface area contributed by atoms with Crippen LogP contribution in [0.3, 0.4) is 0 Å². The summed E-state index contributed by atoms with van der Waals surface area (Å²) in [6, 6.07) is 10.3. The first-order valence-electron chi connectivity index (χ1n) is 6.57. The Hall–Kier alpha value is -1.61. The van der Waals surface area contributed by atoms with Gasteiger partial charge in [0.2, 0.25) is 0 Å². The van der Waals surface area contributed by atoms with Crippen molar-refractivity contribution in [2.24, 2.45) is 0 Å². The zero-order valence-corrected chi connectivity index (χ0v) is 11.4. The van der Waals surface area contributed by atoms with Crippen molar-refractivity contribution >= 4 is 0 Å². The zero-order valence-electron chi connectivity index (χ0n) is 11.4. The average molecular weight is 243 g/mol. The Morgan fingerprint density at radius 2 is 1.94 bits per heavy atom. The fourth-order valence-corrected chi connectivity index (χ4v) is 2.18. The summed E-state index contributed by atoms with van der Waals surface area (Å²) in [5.74, 6) is 0.460. The second-order valence-electron chi connectivity index (χ2n) is 4.74. The Morgan fingerprint density at radius 3 is 2.56 bits per heavy atom. The molecule has 0 atom stereocenters. The smallest absolute Gasteiger partial charge is 0.0649 e. The molecule has 0 saturated carbocycles. The highest BCUT2D eigenvalue weighted by molar-refractivity contribution is 5.36. The molecule has 0 unspecified atom stereocenters. The summed E-state index contributed by atoms with van der Waals surface area (Å²) >= 11 is 0. The van der Waals surface area contributed by atoms with E-state index in [0.717, 1.165) is 18.8 Å². The van der Waals surface area contributed by atoms with E-state index >= 15 is 0 Å². The lowest BCUT2D eigenvalue weighted by atomic mass is 10.1. The number of benzene rings is 1. The van der Waals surface area contributed by atoms with Gasteiger partial charge in [-0.15, -0.1) is 0 Å². The van der Waals surface area contributed by atoms with E-state index in [9.17, 15) is 0 Å². The molecule has 1 aromatic heterocycles. The van der Waals surface area contributed by atoms with Crippen LogP contribution in [0.5, 0.6) is 0 Å². The molecule has 0 aliphatic carbocycles. The molecule has 96 valence electrons. The van der Waals surface area contributed by atoms with Crippen molar-refractivity contribution in [3.63, 3.8) is 0 Å². The molecule has 1 N–H and O–H groups in total. The maximum atomic E-state index is 4.54. The Kier molecular flexibility index (Phi) is 4.15. The summed E-state index contributed by atoms with van der Waals surface area (Å²) in [7, 11) is 0. The molecule has 1 aromatic carbocycles. The third-order valence-electron chi connectivity index (χ3n) is 3.00. The van der Waals surface area contributed by atoms with Crippen LogP contribution in [0.15, 0.2) is 36.5 Å². The SMILES string of the molecule is CCNCc1cnn(-c2ccccc2)c1C(C)C. The molecule has 0 aliphatic rings. The Labute approximate surface area is 109 Å². The molecular formula is C15H21N3. The number of hydrogen-bond acceptors (Lipinski definition) is 2. The normalized spacial score (nSPS) is 11.1. The average Bonchev–Trinajstić information content (AvgIpc) is 2.81. The van der Waals surface area contributed by atoms with E-state index < -0.39 is 0 Å². The monoisotopic (exact) mass is 243 g/mol. The van der Waals surface area contributed by atoms with Crippen molar-refractivity contribution in [2.75, 3.05) is 6.54 Å². The van der Waals surface area contributed by atoms with Gasteiger partial charge in [-0.2, -0.15) is 5.10 Å². The summed E-state index contributed by atoms with van der Waals surface area (Å²) in [6.07, 6.45) is 1.98. The van der Waals surface area contributed by atoms with Gasteiger partial charge in [-0.25, -0.2) is 4.68 Å². The molecule has 0 saturated heterocycles. The standard InChI is InChI=1S/C15H21N3/c1-4-16-10-13-11-17-18(15(13)12(2)3)14-8-6-5-7-9-14/h5-9,11-12,16H,4,10H2,1-3H3. The fourth-order valence-electron chi connectivity index (χ4n) is 2.18. The van der Waals surface area contributed by atoms with Crippen LogP contribution in [-0.4, -0.2) is 16.3 Å². The predicted octanol–water partition coefficient (Wildman–Crippen LogP) is 3.11. The van der Waals surface area contributed by atoms with Crippen LogP contribution in [0.4, 0.5) is 0 Å². The van der Waals surface area contributed by atoms with Crippen molar-refractivity contribution in [3.8, 4) is 5.69 Å². The quantitative estimate of drug-likeness (QED) is 0.874. The maximum absolute atomic E-state index is 4.54. The molecule has 2 rings (SSSR count). The van der Waals surface area contributed by atoms with Gasteiger partial charge in [0.05, 0.1) is 17.6 Å². The fraction of sp³-hybridized carbons (Fsp3) is 0.400. The first kappa shape index (κ1) is 12.8. The number of para-hydroxylation sites is 1. The minimum Gasteiger partial charge on any atom is -0.313 e. The molecule has 3 nitrogen and oxygen atoms in total. The lowest BCUT2D eigenvalue weighted by Crippen LogP contribution is -2.14. The number of hydrogen-bond donors (Lipinski definition) is 1. The van der Waals surface area contributed by atoms with Gasteiger partial charge in [-0.05, 0) is 24.6 Å². The van der Waals surface area contributed by atoms with Crippen molar-refractivity contribution in [1.29, 1.82) is 0 Å². The third-order valence-corrected chi connectivity index (χ3v) is 3.00. The third kappa shape index (κ3) is 2.62. The van der Waals surface area contributed by atoms with Crippen LogP contribution in [0.2, 0.25) is 0 Å². The summed E-state index contributed by atoms with van der Waals surface area (Å²) in [5, 5.41) is 7.91. The number of nitrogens with one attached hydrogen (secondary N) is 1. The topological polar surface area (TPSA) is 29.9 Å². The lowest BCUT2D eigenvalue weighted by molar-refractivity contribution is 0.689. The summed E-state index contributed by atoms with van der Waals surface area (Å²) in [6.45, 7) is 8.42. The zero-order chi connectivity index (χ0) is 13.0. The molecular weight excluding hydrogens is 222 g/mol. The first-order valence-corrected chi connectivity index (χ1v) is 6.57. The second-order valence-corrected chi connectivity index (χ2v) is 4.74. The molecule has 0 fully saturated rings. The van der Waals surface area contributed by atoms with Gasteiger partial charge in [0.25, 0.3) is 0 Å². The molecule has 0 amide bonds. The van der Waals surface area contributed by atoms with Crippen molar-refractivity contribution in [3.05, 3.63) is 47.8 Å². The molecule has 3 heteroatoms. The minimum absolute atomic E-state index is 0.460. The van der Waals surface area contributed by atoms with Gasteiger partial charge < -0.3 is 5.32 Å². The van der Waals surface area contributed by atoms with E-state index in [1.807, 2.05) is 24.4 Å². The van der Waals surface area contributed by atoms with E-state index in [2.05, 4.69) is 48.0 Å². The summed E-state index contributed by atoms with van der Waals surface area (Å²) < 4.78 is 2.05. The second kappa shape index (κ2) is 5.83. The van der Waals surface area contributed by atoms with E-state index in [-0.39, 0.29) is 0 Å². The van der Waals surface area contributed by atoms with Crippen LogP contribution in [0, 0.1) is 0 Å². The predicted molar refractivity (Wildman–Crippen MR) is 75.0 cm³/mol. The van der Waals surface area contributed by atoms with Gasteiger partial charge in [-0.1, -0.05) is 39.0 Å². The van der Waals surface area contributed by atoms with E-state index in [1.54, 1.807) is 0 Å². The van der Waals surface area contributed by atoms with Crippen molar-refractivity contribution in [1.82, 2.24) is 15.1 Å². The molecule has 0 aliphatic heterocycles. The molecule has 0 bridgehead atoms. The molecule has 2 aromatic rings. The van der Waals surface area contributed by atoms with Gasteiger partial charge in [-0.3, -0.25) is 0 Å². The van der Waals surface area contributed by atoms with Crippen molar-refractivity contribution < 1.29 is 0 Å². The van der Waals surface area contributed by atoms with E-state index in [4.69, 9.17) is 0 Å². The summed E-state index contributed by atoms with van der Waals surface area (Å²) in [5.41, 5.74) is 3.71. The van der Waals surface area contributed by atoms with E-state index in [1.165, 1.54) is 11.3 Å². The van der Waals surface area contributed by atoms with Gasteiger partial charge in [0, 0.05) is 12.1 Å². The van der Waals surface area contributed by atoms with Crippen LogP contribution >= 0.6 is 0 Å². The van der Waals surface area contributed by atoms with Crippen LogP contribution < -0.4 is 5.32 Å². The molecule has 18 heavy (non-hydrogen) atoms. The van der Waals surface area contributed by atoms with Crippen molar-refractivity contribution in [2.45, 2.75) is 33.2 Å². The number of nitrogens with zero attached hydrogens (tertiary/aromatic N) is 2. The van der Waals surface area contributed by atoms with Crippen LogP contribution in [-0.2, 0) is 6.54 Å². The number of rotatable bonds is 5. The Bertz CT molecular complexity index is 486. The largest absolute Gasteiger partial charge is 0.313 e.